The van der Waals surface area contributed by atoms with Crippen LogP contribution >= 0.6 is 0 Å². The summed E-state index contributed by atoms with van der Waals surface area (Å²) in [7, 11) is 0. The smallest absolute Gasteiger partial charge is 0.154 e. The highest BCUT2D eigenvalue weighted by Crippen LogP contribution is 2.18. The van der Waals surface area contributed by atoms with E-state index in [0.29, 0.717) is 13.0 Å². The van der Waals surface area contributed by atoms with E-state index in [1.807, 2.05) is 31.7 Å². The monoisotopic (exact) mass is 223 g/mol. The normalized spacial score (nSPS) is 12.2. The third kappa shape index (κ3) is 2.81. The van der Waals surface area contributed by atoms with Crippen LogP contribution in [0.1, 0.15) is 27.2 Å². The standard InChI is InChI=1S/C13H18FNO/c1-4-13(16)10(3)15(5-2)12-8-6-7-11(14)9-12/h6-10H,4-5H2,1-3H3. The third-order valence-electron chi connectivity index (χ3n) is 2.76. The first-order valence-electron chi connectivity index (χ1n) is 5.65. The molecule has 1 unspecified atom stereocenters. The van der Waals surface area contributed by atoms with E-state index in [1.54, 1.807) is 6.07 Å². The Bertz CT molecular complexity index is 365. The summed E-state index contributed by atoms with van der Waals surface area (Å²) in [5.74, 6) is -0.0989. The molecule has 0 spiro atoms. The number of nitrogens with zero attached hydrogens (tertiary/aromatic N) is 1. The molecule has 0 aliphatic heterocycles. The van der Waals surface area contributed by atoms with Crippen molar-refractivity contribution < 1.29 is 9.18 Å². The molecule has 0 aromatic heterocycles. The molecule has 1 aromatic rings. The number of anilines is 1. The molecular formula is C13H18FNO. The number of ketones is 1. The molecule has 0 heterocycles. The number of hydrogen-bond acceptors (Lipinski definition) is 2. The molecule has 0 bridgehead atoms. The first-order chi connectivity index (χ1) is 7.60. The van der Waals surface area contributed by atoms with Gasteiger partial charge in [0.15, 0.2) is 5.78 Å². The molecule has 1 aromatic carbocycles. The number of carbonyl (C=O) groups is 1. The minimum Gasteiger partial charge on any atom is -0.362 e. The van der Waals surface area contributed by atoms with Crippen LogP contribution in [0, 0.1) is 5.82 Å². The molecule has 16 heavy (non-hydrogen) atoms. The predicted octanol–water partition coefficient (Wildman–Crippen LogP) is 3.02. The van der Waals surface area contributed by atoms with Gasteiger partial charge in [-0.25, -0.2) is 4.39 Å². The van der Waals surface area contributed by atoms with E-state index in [2.05, 4.69) is 0 Å². The summed E-state index contributed by atoms with van der Waals surface area (Å²) in [6.07, 6.45) is 0.507. The summed E-state index contributed by atoms with van der Waals surface area (Å²) in [4.78, 5) is 13.5. The van der Waals surface area contributed by atoms with Gasteiger partial charge in [-0.3, -0.25) is 4.79 Å². The van der Waals surface area contributed by atoms with Crippen LogP contribution in [0.5, 0.6) is 0 Å². The van der Waals surface area contributed by atoms with E-state index >= 15 is 0 Å². The van der Waals surface area contributed by atoms with Gasteiger partial charge < -0.3 is 4.90 Å². The lowest BCUT2D eigenvalue weighted by Crippen LogP contribution is -2.38. The van der Waals surface area contributed by atoms with Crippen LogP contribution in [-0.4, -0.2) is 18.4 Å². The fourth-order valence-electron chi connectivity index (χ4n) is 1.80. The SMILES string of the molecule is CCC(=O)C(C)N(CC)c1cccc(F)c1. The summed E-state index contributed by atoms with van der Waals surface area (Å²) in [6, 6.07) is 6.16. The number of hydrogen-bond donors (Lipinski definition) is 0. The van der Waals surface area contributed by atoms with Crippen LogP contribution in [0.15, 0.2) is 24.3 Å². The molecule has 1 rings (SSSR count). The molecule has 2 nitrogen and oxygen atoms in total. The molecule has 0 fully saturated rings. The Morgan fingerprint density at radius 1 is 1.44 bits per heavy atom. The topological polar surface area (TPSA) is 20.3 Å². The van der Waals surface area contributed by atoms with Crippen LogP contribution in [0.4, 0.5) is 10.1 Å². The van der Waals surface area contributed by atoms with Gasteiger partial charge in [0, 0.05) is 18.7 Å². The van der Waals surface area contributed by atoms with Gasteiger partial charge in [-0.15, -0.1) is 0 Å². The van der Waals surface area contributed by atoms with Gasteiger partial charge in [0.25, 0.3) is 0 Å². The van der Waals surface area contributed by atoms with Crippen LogP contribution in [0.2, 0.25) is 0 Å². The second kappa shape index (κ2) is 5.64. The lowest BCUT2D eigenvalue weighted by atomic mass is 10.1. The summed E-state index contributed by atoms with van der Waals surface area (Å²) < 4.78 is 13.1. The molecule has 0 aliphatic rings. The molecule has 0 amide bonds. The average Bonchev–Trinajstić information content (AvgIpc) is 2.29. The Morgan fingerprint density at radius 3 is 2.62 bits per heavy atom. The zero-order chi connectivity index (χ0) is 12.1. The Labute approximate surface area is 96.1 Å². The van der Waals surface area contributed by atoms with Crippen molar-refractivity contribution in [3.8, 4) is 0 Å². The van der Waals surface area contributed by atoms with Crippen molar-refractivity contribution >= 4 is 11.5 Å². The zero-order valence-corrected chi connectivity index (χ0v) is 10.0. The van der Waals surface area contributed by atoms with Crippen molar-refractivity contribution in [2.75, 3.05) is 11.4 Å². The average molecular weight is 223 g/mol. The highest BCUT2D eigenvalue weighted by atomic mass is 19.1. The van der Waals surface area contributed by atoms with Crippen LogP contribution in [0.3, 0.4) is 0 Å². The molecule has 0 aliphatic carbocycles. The van der Waals surface area contributed by atoms with E-state index in [1.165, 1.54) is 12.1 Å². The van der Waals surface area contributed by atoms with Crippen LogP contribution in [0.25, 0.3) is 0 Å². The largest absolute Gasteiger partial charge is 0.362 e. The fraction of sp³-hybridized carbons (Fsp3) is 0.462. The maximum Gasteiger partial charge on any atom is 0.154 e. The Balaban J connectivity index is 2.94. The van der Waals surface area contributed by atoms with Crippen molar-refractivity contribution in [2.45, 2.75) is 33.2 Å². The van der Waals surface area contributed by atoms with Crippen LogP contribution in [-0.2, 0) is 4.79 Å². The van der Waals surface area contributed by atoms with E-state index < -0.39 is 0 Å². The maximum atomic E-state index is 13.1. The number of Topliss-reactive ketones (excluding diaryl/α,β-unsaturated/α-hetero) is 1. The van der Waals surface area contributed by atoms with Crippen molar-refractivity contribution in [1.29, 1.82) is 0 Å². The second-order valence-electron chi connectivity index (χ2n) is 3.76. The number of benzene rings is 1. The van der Waals surface area contributed by atoms with Gasteiger partial charge in [0.05, 0.1) is 6.04 Å². The molecule has 0 saturated carbocycles. The predicted molar refractivity (Wildman–Crippen MR) is 64.2 cm³/mol. The van der Waals surface area contributed by atoms with E-state index in [0.717, 1.165) is 5.69 Å². The Morgan fingerprint density at radius 2 is 2.12 bits per heavy atom. The number of likely N-dealkylation sites (N-methyl/N-ethyl adjacent to an activating group) is 1. The molecule has 0 radical (unpaired) electrons. The van der Waals surface area contributed by atoms with Gasteiger partial charge in [-0.1, -0.05) is 13.0 Å². The van der Waals surface area contributed by atoms with E-state index in [4.69, 9.17) is 0 Å². The lowest BCUT2D eigenvalue weighted by molar-refractivity contribution is -0.119. The highest BCUT2D eigenvalue weighted by Gasteiger charge is 2.18. The van der Waals surface area contributed by atoms with Crippen molar-refractivity contribution in [1.82, 2.24) is 0 Å². The minimum atomic E-state index is -0.271. The summed E-state index contributed by atoms with van der Waals surface area (Å²) in [5.41, 5.74) is 0.761. The molecule has 88 valence electrons. The number of rotatable bonds is 5. The first-order valence-corrected chi connectivity index (χ1v) is 5.65. The minimum absolute atomic E-state index is 0.172. The third-order valence-corrected chi connectivity index (χ3v) is 2.76. The summed E-state index contributed by atoms with van der Waals surface area (Å²) >= 11 is 0. The van der Waals surface area contributed by atoms with Crippen molar-refractivity contribution in [2.24, 2.45) is 0 Å². The van der Waals surface area contributed by atoms with E-state index in [-0.39, 0.29) is 17.6 Å². The van der Waals surface area contributed by atoms with Gasteiger partial charge >= 0.3 is 0 Å². The maximum absolute atomic E-state index is 13.1. The van der Waals surface area contributed by atoms with Crippen molar-refractivity contribution in [3.63, 3.8) is 0 Å². The number of halogens is 1. The van der Waals surface area contributed by atoms with Gasteiger partial charge in [0.2, 0.25) is 0 Å². The highest BCUT2D eigenvalue weighted by molar-refractivity contribution is 5.86. The lowest BCUT2D eigenvalue weighted by Gasteiger charge is -2.29. The fourth-order valence-corrected chi connectivity index (χ4v) is 1.80. The Kier molecular flexibility index (Phi) is 4.47. The molecule has 1 atom stereocenters. The summed E-state index contributed by atoms with van der Waals surface area (Å²) in [5, 5.41) is 0. The summed E-state index contributed by atoms with van der Waals surface area (Å²) in [6.45, 7) is 6.36. The first kappa shape index (κ1) is 12.7. The molecule has 3 heteroatoms. The molecular weight excluding hydrogens is 205 g/mol. The van der Waals surface area contributed by atoms with Crippen LogP contribution < -0.4 is 4.90 Å². The number of carbonyl (C=O) groups excluding carboxylic acids is 1. The quantitative estimate of drug-likeness (QED) is 0.764. The molecule has 0 saturated heterocycles. The second-order valence-corrected chi connectivity index (χ2v) is 3.76. The van der Waals surface area contributed by atoms with Gasteiger partial charge in [0.1, 0.15) is 5.82 Å². The Hall–Kier alpha value is -1.38. The molecule has 0 N–H and O–H groups in total. The van der Waals surface area contributed by atoms with Gasteiger partial charge in [-0.2, -0.15) is 0 Å². The van der Waals surface area contributed by atoms with Crippen molar-refractivity contribution in [3.05, 3.63) is 30.1 Å². The zero-order valence-electron chi connectivity index (χ0n) is 10.0. The van der Waals surface area contributed by atoms with Gasteiger partial charge in [-0.05, 0) is 32.0 Å². The van der Waals surface area contributed by atoms with E-state index in [9.17, 15) is 9.18 Å².